The molecular weight excluding hydrogens is 338 g/mol. The second-order valence-corrected chi connectivity index (χ2v) is 5.02. The Labute approximate surface area is 131 Å². The Bertz CT molecular complexity index is 633. The van der Waals surface area contributed by atoms with Crippen molar-refractivity contribution in [3.05, 3.63) is 46.2 Å². The number of hydrogen-bond donors (Lipinski definition) is 1. The Hall–Kier alpha value is -1.79. The third-order valence-corrected chi connectivity index (χ3v) is 3.89. The second kappa shape index (κ2) is 6.78. The third-order valence-electron chi connectivity index (χ3n) is 3.14. The fourth-order valence-corrected chi connectivity index (χ4v) is 2.77. The smallest absolute Gasteiger partial charge is 0.143 e. The van der Waals surface area contributed by atoms with Gasteiger partial charge in [-0.15, -0.1) is 0 Å². The molecule has 0 aliphatic heterocycles. The van der Waals surface area contributed by atoms with E-state index >= 15 is 0 Å². The topological polar surface area (TPSA) is 60.8 Å². The van der Waals surface area contributed by atoms with Gasteiger partial charge in [0.1, 0.15) is 27.8 Å². The number of nitrogens with zero attached hydrogens (tertiary/aromatic N) is 1. The number of rotatable bonds is 5. The lowest BCUT2D eigenvalue weighted by molar-refractivity contribution is 0.209. The minimum Gasteiger partial charge on any atom is -0.495 e. The van der Waals surface area contributed by atoms with E-state index in [0.29, 0.717) is 32.8 Å². The van der Waals surface area contributed by atoms with Gasteiger partial charge < -0.3 is 19.3 Å². The minimum absolute atomic E-state index is 0.513. The molecule has 112 valence electrons. The van der Waals surface area contributed by atoms with Crippen molar-refractivity contribution in [1.82, 2.24) is 4.98 Å². The molecular formula is C15H16BrNO4. The van der Waals surface area contributed by atoms with Crippen molar-refractivity contribution < 1.29 is 19.3 Å². The van der Waals surface area contributed by atoms with Crippen LogP contribution in [0.2, 0.25) is 0 Å². The first-order valence-corrected chi connectivity index (χ1v) is 6.99. The van der Waals surface area contributed by atoms with E-state index in [0.717, 1.165) is 0 Å². The fourth-order valence-electron chi connectivity index (χ4n) is 2.09. The molecule has 1 atom stereocenters. The second-order valence-electron chi connectivity index (χ2n) is 4.22. The lowest BCUT2D eigenvalue weighted by Crippen LogP contribution is -2.05. The standard InChI is InChI=1S/C15H16BrNO4/c1-19-11-5-4-10(15(21-3)13(11)16)14(18)9-6-7-17-8-12(9)20-2/h4-8,14,18H,1-3H3. The Morgan fingerprint density at radius 3 is 2.33 bits per heavy atom. The van der Waals surface area contributed by atoms with E-state index in [1.807, 2.05) is 0 Å². The van der Waals surface area contributed by atoms with E-state index in [9.17, 15) is 5.11 Å². The van der Waals surface area contributed by atoms with Gasteiger partial charge in [0, 0.05) is 17.3 Å². The van der Waals surface area contributed by atoms with Crippen molar-refractivity contribution in [2.24, 2.45) is 0 Å². The van der Waals surface area contributed by atoms with Crippen LogP contribution in [-0.2, 0) is 0 Å². The molecule has 1 aromatic heterocycles. The van der Waals surface area contributed by atoms with Crippen LogP contribution in [0.3, 0.4) is 0 Å². The first-order chi connectivity index (χ1) is 10.1. The maximum Gasteiger partial charge on any atom is 0.143 e. The number of hydrogen-bond acceptors (Lipinski definition) is 5. The molecule has 0 saturated carbocycles. The van der Waals surface area contributed by atoms with E-state index < -0.39 is 6.10 Å². The summed E-state index contributed by atoms with van der Waals surface area (Å²) in [5.74, 6) is 1.66. The van der Waals surface area contributed by atoms with Crippen LogP contribution in [0.25, 0.3) is 0 Å². The van der Waals surface area contributed by atoms with Gasteiger partial charge in [0.2, 0.25) is 0 Å². The van der Waals surface area contributed by atoms with Crippen molar-refractivity contribution in [1.29, 1.82) is 0 Å². The molecule has 0 spiro atoms. The molecule has 5 nitrogen and oxygen atoms in total. The van der Waals surface area contributed by atoms with Crippen LogP contribution >= 0.6 is 15.9 Å². The monoisotopic (exact) mass is 353 g/mol. The van der Waals surface area contributed by atoms with Gasteiger partial charge in [-0.05, 0) is 34.1 Å². The molecule has 0 aliphatic carbocycles. The van der Waals surface area contributed by atoms with E-state index in [2.05, 4.69) is 20.9 Å². The summed E-state index contributed by atoms with van der Waals surface area (Å²) in [6, 6.07) is 5.23. The van der Waals surface area contributed by atoms with Crippen LogP contribution in [-0.4, -0.2) is 31.4 Å². The van der Waals surface area contributed by atoms with Crippen molar-refractivity contribution in [2.75, 3.05) is 21.3 Å². The van der Waals surface area contributed by atoms with E-state index in [4.69, 9.17) is 14.2 Å². The maximum absolute atomic E-state index is 10.7. The normalized spacial score (nSPS) is 11.9. The van der Waals surface area contributed by atoms with Crippen molar-refractivity contribution in [3.8, 4) is 17.2 Å². The Morgan fingerprint density at radius 1 is 1.00 bits per heavy atom. The van der Waals surface area contributed by atoms with Gasteiger partial charge in [-0.3, -0.25) is 4.98 Å². The number of ether oxygens (including phenoxy) is 3. The van der Waals surface area contributed by atoms with Gasteiger partial charge in [0.15, 0.2) is 0 Å². The van der Waals surface area contributed by atoms with Crippen LogP contribution in [0.5, 0.6) is 17.2 Å². The highest BCUT2D eigenvalue weighted by molar-refractivity contribution is 9.10. The molecule has 1 N–H and O–H groups in total. The number of aromatic nitrogens is 1. The maximum atomic E-state index is 10.7. The van der Waals surface area contributed by atoms with Gasteiger partial charge >= 0.3 is 0 Å². The number of methoxy groups -OCH3 is 3. The summed E-state index contributed by atoms with van der Waals surface area (Å²) in [5.41, 5.74) is 1.22. The predicted molar refractivity (Wildman–Crippen MR) is 82.1 cm³/mol. The van der Waals surface area contributed by atoms with E-state index in [1.54, 1.807) is 44.8 Å². The van der Waals surface area contributed by atoms with Crippen LogP contribution in [0.15, 0.2) is 35.1 Å². The van der Waals surface area contributed by atoms with Crippen LogP contribution in [0.4, 0.5) is 0 Å². The number of aliphatic hydroxyl groups is 1. The zero-order valence-corrected chi connectivity index (χ0v) is 13.5. The molecule has 1 unspecified atom stereocenters. The largest absolute Gasteiger partial charge is 0.495 e. The summed E-state index contributed by atoms with van der Waals surface area (Å²) in [5, 5.41) is 10.7. The molecule has 6 heteroatoms. The molecule has 0 fully saturated rings. The summed E-state index contributed by atoms with van der Waals surface area (Å²) in [6.07, 6.45) is 2.26. The zero-order valence-electron chi connectivity index (χ0n) is 12.0. The lowest BCUT2D eigenvalue weighted by atomic mass is 10.0. The molecule has 0 saturated heterocycles. The average Bonchev–Trinajstić information content (AvgIpc) is 2.53. The number of pyridine rings is 1. The van der Waals surface area contributed by atoms with Crippen LogP contribution in [0, 0.1) is 0 Å². The van der Waals surface area contributed by atoms with Gasteiger partial charge in [0.05, 0.1) is 27.5 Å². The number of halogens is 1. The highest BCUT2D eigenvalue weighted by Crippen LogP contribution is 2.42. The third kappa shape index (κ3) is 2.96. The summed E-state index contributed by atoms with van der Waals surface area (Å²) in [7, 11) is 4.65. The molecule has 0 amide bonds. The van der Waals surface area contributed by atoms with E-state index in [-0.39, 0.29) is 0 Å². The van der Waals surface area contributed by atoms with Gasteiger partial charge in [-0.2, -0.15) is 0 Å². The van der Waals surface area contributed by atoms with E-state index in [1.165, 1.54) is 7.11 Å². The summed E-state index contributed by atoms with van der Waals surface area (Å²) < 4.78 is 16.5. The molecule has 1 heterocycles. The Balaban J connectivity index is 2.53. The van der Waals surface area contributed by atoms with Gasteiger partial charge in [0.25, 0.3) is 0 Å². The van der Waals surface area contributed by atoms with Gasteiger partial charge in [-0.25, -0.2) is 0 Å². The average molecular weight is 354 g/mol. The predicted octanol–water partition coefficient (Wildman–Crippen LogP) is 2.95. The molecule has 2 rings (SSSR count). The fraction of sp³-hybridized carbons (Fsp3) is 0.267. The lowest BCUT2D eigenvalue weighted by Gasteiger charge is -2.19. The highest BCUT2D eigenvalue weighted by atomic mass is 79.9. The Kier molecular flexibility index (Phi) is 5.03. The quantitative estimate of drug-likeness (QED) is 0.895. The number of benzene rings is 1. The number of aliphatic hydroxyl groups excluding tert-OH is 1. The van der Waals surface area contributed by atoms with Crippen LogP contribution in [0.1, 0.15) is 17.2 Å². The summed E-state index contributed by atoms with van der Waals surface area (Å²) in [6.45, 7) is 0. The Morgan fingerprint density at radius 2 is 1.71 bits per heavy atom. The first-order valence-electron chi connectivity index (χ1n) is 6.20. The van der Waals surface area contributed by atoms with Gasteiger partial charge in [-0.1, -0.05) is 0 Å². The molecule has 0 radical (unpaired) electrons. The van der Waals surface area contributed by atoms with Crippen LogP contribution < -0.4 is 14.2 Å². The zero-order chi connectivity index (χ0) is 15.4. The first kappa shape index (κ1) is 15.6. The van der Waals surface area contributed by atoms with Crippen molar-refractivity contribution >= 4 is 15.9 Å². The van der Waals surface area contributed by atoms with Crippen molar-refractivity contribution in [3.63, 3.8) is 0 Å². The molecule has 1 aromatic carbocycles. The molecule has 0 bridgehead atoms. The highest BCUT2D eigenvalue weighted by Gasteiger charge is 2.22. The molecule has 2 aromatic rings. The van der Waals surface area contributed by atoms with Crippen molar-refractivity contribution in [2.45, 2.75) is 6.10 Å². The molecule has 0 aliphatic rings. The molecule has 21 heavy (non-hydrogen) atoms. The minimum atomic E-state index is -0.903. The summed E-state index contributed by atoms with van der Waals surface area (Å²) >= 11 is 3.42. The SMILES string of the molecule is COc1cnccc1C(O)c1ccc(OC)c(Br)c1OC. The summed E-state index contributed by atoms with van der Waals surface area (Å²) in [4.78, 5) is 3.98.